The van der Waals surface area contributed by atoms with E-state index >= 15 is 0 Å². The number of carbonyl (C=O) groups excluding carboxylic acids is 2. The summed E-state index contributed by atoms with van der Waals surface area (Å²) in [5, 5.41) is 13.0. The number of piperazine rings is 1. The standard InChI is InChI=1S/C33H40FN5O4/c1-8-29(40)39-12-11-38(18-23(39)5)19-28(24-10-9-20(2)27(34)15-24)43-26-14-21(3)30(35-17-26)32(41)37-31-22(4)13-25(16-36-31)33(6,7)42/h8-10,13-17,23,28,42H,1,11-12,18-19H2,2-7H3,(H,36,37,41)/t23-,28-/m1/s1. The van der Waals surface area contributed by atoms with Crippen molar-refractivity contribution >= 4 is 17.6 Å². The third kappa shape index (κ3) is 7.63. The number of aliphatic hydroxyl groups is 1. The van der Waals surface area contributed by atoms with E-state index in [9.17, 15) is 19.1 Å². The van der Waals surface area contributed by atoms with E-state index in [4.69, 9.17) is 4.74 Å². The largest absolute Gasteiger partial charge is 0.483 e. The van der Waals surface area contributed by atoms with Crippen LogP contribution in [-0.2, 0) is 10.4 Å². The molecule has 2 N–H and O–H groups in total. The first-order valence-corrected chi connectivity index (χ1v) is 14.3. The molecule has 9 nitrogen and oxygen atoms in total. The number of hydrogen-bond acceptors (Lipinski definition) is 7. The summed E-state index contributed by atoms with van der Waals surface area (Å²) in [5.41, 5.74) is 2.34. The van der Waals surface area contributed by atoms with E-state index in [-0.39, 0.29) is 23.5 Å². The average molecular weight is 590 g/mol. The van der Waals surface area contributed by atoms with E-state index in [1.165, 1.54) is 24.5 Å². The summed E-state index contributed by atoms with van der Waals surface area (Å²) in [4.78, 5) is 38.0. The quantitative estimate of drug-likeness (QED) is 0.343. The molecule has 1 fully saturated rings. The fourth-order valence-corrected chi connectivity index (χ4v) is 5.12. The van der Waals surface area contributed by atoms with Crippen molar-refractivity contribution < 1.29 is 23.8 Å². The van der Waals surface area contributed by atoms with Crippen molar-refractivity contribution in [3.63, 3.8) is 0 Å². The summed E-state index contributed by atoms with van der Waals surface area (Å²) >= 11 is 0. The first kappa shape index (κ1) is 31.8. The number of ether oxygens (including phenoxy) is 1. The van der Waals surface area contributed by atoms with E-state index in [1.54, 1.807) is 57.7 Å². The molecule has 2 atom stereocenters. The van der Waals surface area contributed by atoms with Crippen LogP contribution in [0, 0.1) is 26.6 Å². The predicted molar refractivity (Wildman–Crippen MR) is 163 cm³/mol. The van der Waals surface area contributed by atoms with Crippen LogP contribution in [0.3, 0.4) is 0 Å². The van der Waals surface area contributed by atoms with Gasteiger partial charge >= 0.3 is 0 Å². The Labute approximate surface area is 252 Å². The number of anilines is 1. The monoisotopic (exact) mass is 589 g/mol. The highest BCUT2D eigenvalue weighted by Gasteiger charge is 2.29. The molecule has 10 heteroatoms. The number of nitrogens with zero attached hydrogens (tertiary/aromatic N) is 4. The maximum absolute atomic E-state index is 14.6. The van der Waals surface area contributed by atoms with Crippen molar-refractivity contribution in [1.82, 2.24) is 19.8 Å². The van der Waals surface area contributed by atoms with Gasteiger partial charge in [0.05, 0.1) is 11.8 Å². The zero-order valence-corrected chi connectivity index (χ0v) is 25.6. The molecule has 1 aliphatic rings. The Balaban J connectivity index is 1.52. The Morgan fingerprint density at radius 2 is 1.88 bits per heavy atom. The SMILES string of the molecule is C=CC(=O)N1CCN(C[C@@H](Oc2cnc(C(=O)Nc3ncc(C(C)(C)O)cc3C)c(C)c2)c2ccc(C)c(F)c2)C[C@H]1C. The number of aromatic nitrogens is 2. The Morgan fingerprint density at radius 1 is 1.14 bits per heavy atom. The van der Waals surface area contributed by atoms with Crippen molar-refractivity contribution in [2.24, 2.45) is 0 Å². The maximum Gasteiger partial charge on any atom is 0.275 e. The van der Waals surface area contributed by atoms with Crippen LogP contribution < -0.4 is 10.1 Å². The lowest BCUT2D eigenvalue weighted by Crippen LogP contribution is -2.54. The van der Waals surface area contributed by atoms with Crippen LogP contribution in [-0.4, -0.2) is 68.9 Å². The van der Waals surface area contributed by atoms with Crippen LogP contribution in [0.5, 0.6) is 5.75 Å². The number of aryl methyl sites for hydroxylation is 3. The van der Waals surface area contributed by atoms with E-state index in [1.807, 2.05) is 13.0 Å². The molecular weight excluding hydrogens is 549 g/mol. The van der Waals surface area contributed by atoms with Crippen LogP contribution in [0.25, 0.3) is 0 Å². The number of halogens is 1. The van der Waals surface area contributed by atoms with Crippen molar-refractivity contribution in [3.05, 3.63) is 94.7 Å². The molecule has 3 heterocycles. The maximum atomic E-state index is 14.6. The van der Waals surface area contributed by atoms with Gasteiger partial charge in [-0.2, -0.15) is 0 Å². The molecule has 0 radical (unpaired) electrons. The zero-order chi connectivity index (χ0) is 31.5. The molecule has 0 bridgehead atoms. The Morgan fingerprint density at radius 3 is 2.49 bits per heavy atom. The fourth-order valence-electron chi connectivity index (χ4n) is 5.12. The molecule has 2 aromatic heterocycles. The minimum absolute atomic E-state index is 0.0131. The van der Waals surface area contributed by atoms with Gasteiger partial charge in [-0.1, -0.05) is 18.7 Å². The van der Waals surface area contributed by atoms with Crippen molar-refractivity contribution in [2.75, 3.05) is 31.5 Å². The first-order chi connectivity index (χ1) is 20.3. The third-order valence-electron chi connectivity index (χ3n) is 7.72. The van der Waals surface area contributed by atoms with Crippen LogP contribution in [0.15, 0.2) is 55.4 Å². The minimum Gasteiger partial charge on any atom is -0.483 e. The van der Waals surface area contributed by atoms with E-state index in [0.717, 1.165) is 0 Å². The van der Waals surface area contributed by atoms with Gasteiger partial charge in [-0.15, -0.1) is 0 Å². The highest BCUT2D eigenvalue weighted by atomic mass is 19.1. The van der Waals surface area contributed by atoms with Gasteiger partial charge in [0.25, 0.3) is 5.91 Å². The van der Waals surface area contributed by atoms with Crippen LogP contribution in [0.2, 0.25) is 0 Å². The van der Waals surface area contributed by atoms with E-state index in [0.29, 0.717) is 65.6 Å². The van der Waals surface area contributed by atoms with Crippen LogP contribution in [0.1, 0.15) is 65.2 Å². The van der Waals surface area contributed by atoms with Crippen LogP contribution >= 0.6 is 0 Å². The van der Waals surface area contributed by atoms with Gasteiger partial charge in [-0.25, -0.2) is 14.4 Å². The molecule has 1 aromatic carbocycles. The van der Waals surface area contributed by atoms with Crippen molar-refractivity contribution in [2.45, 2.75) is 59.3 Å². The minimum atomic E-state index is -1.05. The number of hydrogen-bond donors (Lipinski definition) is 2. The fraction of sp³-hybridized carbons (Fsp3) is 0.394. The molecule has 0 aliphatic carbocycles. The molecule has 0 unspecified atom stereocenters. The number of carbonyl (C=O) groups is 2. The van der Waals surface area contributed by atoms with E-state index in [2.05, 4.69) is 26.8 Å². The number of pyridine rings is 2. The Kier molecular flexibility index (Phi) is 9.62. The smallest absolute Gasteiger partial charge is 0.275 e. The molecule has 2 amide bonds. The molecule has 1 saturated heterocycles. The zero-order valence-electron chi connectivity index (χ0n) is 25.6. The van der Waals surface area contributed by atoms with Gasteiger partial charge < -0.3 is 20.1 Å². The van der Waals surface area contributed by atoms with Gasteiger partial charge in [0.2, 0.25) is 5.91 Å². The summed E-state index contributed by atoms with van der Waals surface area (Å²) in [6.07, 6.45) is 3.83. The summed E-state index contributed by atoms with van der Waals surface area (Å²) in [6.45, 7) is 16.5. The number of nitrogens with one attached hydrogen (secondary N) is 1. The normalized spacial score (nSPS) is 16.5. The average Bonchev–Trinajstić information content (AvgIpc) is 2.94. The second-order valence-corrected chi connectivity index (χ2v) is 11.7. The van der Waals surface area contributed by atoms with Gasteiger partial charge in [-0.05, 0) is 88.1 Å². The summed E-state index contributed by atoms with van der Waals surface area (Å²) in [6, 6.07) is 8.57. The lowest BCUT2D eigenvalue weighted by Gasteiger charge is -2.40. The van der Waals surface area contributed by atoms with Gasteiger partial charge in [-0.3, -0.25) is 14.5 Å². The number of rotatable bonds is 9. The van der Waals surface area contributed by atoms with Gasteiger partial charge in [0.1, 0.15) is 29.2 Å². The highest BCUT2D eigenvalue weighted by molar-refractivity contribution is 6.03. The molecule has 228 valence electrons. The summed E-state index contributed by atoms with van der Waals surface area (Å²) in [5.74, 6) is -0.0128. The number of amides is 2. The highest BCUT2D eigenvalue weighted by Crippen LogP contribution is 2.28. The molecular formula is C33H40FN5O4. The van der Waals surface area contributed by atoms with Crippen molar-refractivity contribution in [3.8, 4) is 5.75 Å². The second kappa shape index (κ2) is 13.0. The number of benzene rings is 1. The predicted octanol–water partition coefficient (Wildman–Crippen LogP) is 4.86. The Hall–Kier alpha value is -4.15. The molecule has 3 aromatic rings. The van der Waals surface area contributed by atoms with E-state index < -0.39 is 17.6 Å². The van der Waals surface area contributed by atoms with Crippen LogP contribution in [0.4, 0.5) is 10.2 Å². The topological polar surface area (TPSA) is 108 Å². The Bertz CT molecular complexity index is 1520. The lowest BCUT2D eigenvalue weighted by atomic mass is 9.99. The lowest BCUT2D eigenvalue weighted by molar-refractivity contribution is -0.130. The summed E-state index contributed by atoms with van der Waals surface area (Å²) in [7, 11) is 0. The summed E-state index contributed by atoms with van der Waals surface area (Å²) < 4.78 is 21.0. The molecule has 4 rings (SSSR count). The van der Waals surface area contributed by atoms with Gasteiger partial charge in [0.15, 0.2) is 0 Å². The molecule has 0 saturated carbocycles. The molecule has 1 aliphatic heterocycles. The first-order valence-electron chi connectivity index (χ1n) is 14.3. The molecule has 43 heavy (non-hydrogen) atoms. The molecule has 0 spiro atoms. The second-order valence-electron chi connectivity index (χ2n) is 11.7. The van der Waals surface area contributed by atoms with Gasteiger partial charge in [0, 0.05) is 44.0 Å². The van der Waals surface area contributed by atoms with Crippen molar-refractivity contribution in [1.29, 1.82) is 0 Å². The third-order valence-corrected chi connectivity index (χ3v) is 7.72.